The van der Waals surface area contributed by atoms with Crippen LogP contribution in [0, 0.1) is 13.8 Å². The van der Waals surface area contributed by atoms with Gasteiger partial charge < -0.3 is 4.42 Å². The van der Waals surface area contributed by atoms with E-state index in [2.05, 4.69) is 10.1 Å². The molecule has 0 saturated heterocycles. The lowest BCUT2D eigenvalue weighted by Gasteiger charge is -2.02. The van der Waals surface area contributed by atoms with Crippen LogP contribution in [0.3, 0.4) is 0 Å². The third-order valence-corrected chi connectivity index (χ3v) is 3.73. The van der Waals surface area contributed by atoms with Crippen LogP contribution in [-0.2, 0) is 0 Å². The van der Waals surface area contributed by atoms with Crippen molar-refractivity contribution in [3.63, 3.8) is 0 Å². The Kier molecular flexibility index (Phi) is 2.63. The van der Waals surface area contributed by atoms with E-state index < -0.39 is 0 Å². The average Bonchev–Trinajstić information content (AvgIpc) is 2.84. The molecule has 1 aromatic carbocycles. The van der Waals surface area contributed by atoms with Gasteiger partial charge in [0.15, 0.2) is 5.65 Å². The van der Waals surface area contributed by atoms with E-state index in [1.165, 1.54) is 0 Å². The van der Waals surface area contributed by atoms with Crippen molar-refractivity contribution in [2.24, 2.45) is 0 Å². The lowest BCUT2D eigenvalue weighted by Crippen LogP contribution is -2.05. The number of aromatic nitrogens is 3. The van der Waals surface area contributed by atoms with Crippen molar-refractivity contribution in [2.75, 3.05) is 0 Å². The second kappa shape index (κ2) is 4.53. The molecule has 0 radical (unpaired) electrons. The average molecular weight is 291 g/mol. The highest BCUT2D eigenvalue weighted by Gasteiger charge is 2.16. The van der Waals surface area contributed by atoms with Crippen LogP contribution in [0.15, 0.2) is 51.8 Å². The molecule has 0 bridgehead atoms. The van der Waals surface area contributed by atoms with Gasteiger partial charge in [-0.15, -0.1) is 0 Å². The Bertz CT molecular complexity index is 1060. The molecule has 3 aromatic heterocycles. The molecule has 5 heteroatoms. The van der Waals surface area contributed by atoms with Crippen molar-refractivity contribution >= 4 is 16.6 Å². The van der Waals surface area contributed by atoms with Crippen LogP contribution in [0.25, 0.3) is 27.7 Å². The van der Waals surface area contributed by atoms with Crippen molar-refractivity contribution in [2.45, 2.75) is 13.8 Å². The fourth-order valence-electron chi connectivity index (χ4n) is 2.77. The van der Waals surface area contributed by atoms with Gasteiger partial charge in [-0.3, -0.25) is 0 Å². The normalized spacial score (nSPS) is 11.4. The van der Waals surface area contributed by atoms with Gasteiger partial charge in [0.05, 0.1) is 11.2 Å². The van der Waals surface area contributed by atoms with Crippen molar-refractivity contribution in [3.05, 3.63) is 64.5 Å². The third-order valence-electron chi connectivity index (χ3n) is 3.73. The molecular formula is C17H13N3O2. The van der Waals surface area contributed by atoms with E-state index in [0.717, 1.165) is 22.5 Å². The first kappa shape index (κ1) is 12.8. The zero-order valence-corrected chi connectivity index (χ0v) is 12.2. The Morgan fingerprint density at radius 1 is 1.14 bits per heavy atom. The second-order valence-corrected chi connectivity index (χ2v) is 5.26. The summed E-state index contributed by atoms with van der Waals surface area (Å²) in [6.45, 7) is 3.70. The Hall–Kier alpha value is -2.95. The minimum absolute atomic E-state index is 0.390. The minimum Gasteiger partial charge on any atom is -0.428 e. The summed E-state index contributed by atoms with van der Waals surface area (Å²) in [6, 6.07) is 11.8. The van der Waals surface area contributed by atoms with Gasteiger partial charge in [0, 0.05) is 17.8 Å². The quantitative estimate of drug-likeness (QED) is 0.540. The maximum atomic E-state index is 12.0. The number of nitrogens with zero attached hydrogens (tertiary/aromatic N) is 3. The van der Waals surface area contributed by atoms with Crippen molar-refractivity contribution in [3.8, 4) is 11.1 Å². The van der Waals surface area contributed by atoms with E-state index in [4.69, 9.17) is 4.42 Å². The molecule has 0 fully saturated rings. The molecule has 0 aliphatic carbocycles. The third kappa shape index (κ3) is 1.75. The summed E-state index contributed by atoms with van der Waals surface area (Å²) in [7, 11) is 0. The zero-order valence-electron chi connectivity index (χ0n) is 12.2. The van der Waals surface area contributed by atoms with Crippen molar-refractivity contribution in [1.29, 1.82) is 0 Å². The fraction of sp³-hybridized carbons (Fsp3) is 0.118. The lowest BCUT2D eigenvalue weighted by molar-refractivity contribution is 0.487. The number of hydrogen-bond acceptors (Lipinski definition) is 4. The number of rotatable bonds is 1. The highest BCUT2D eigenvalue weighted by molar-refractivity contribution is 5.86. The van der Waals surface area contributed by atoms with E-state index in [1.807, 2.05) is 43.3 Å². The lowest BCUT2D eigenvalue weighted by atomic mass is 10.1. The topological polar surface area (TPSA) is 60.4 Å². The van der Waals surface area contributed by atoms with Gasteiger partial charge in [0.1, 0.15) is 11.1 Å². The molecule has 0 aliphatic heterocycles. The van der Waals surface area contributed by atoms with Gasteiger partial charge in [-0.25, -0.2) is 14.3 Å². The molecule has 4 rings (SSSR count). The summed E-state index contributed by atoms with van der Waals surface area (Å²) in [5.74, 6) is 0.555. The summed E-state index contributed by atoms with van der Waals surface area (Å²) in [5.41, 5.74) is 3.97. The van der Waals surface area contributed by atoms with E-state index >= 15 is 0 Å². The maximum absolute atomic E-state index is 12.0. The van der Waals surface area contributed by atoms with Gasteiger partial charge in [-0.05, 0) is 19.4 Å². The van der Waals surface area contributed by atoms with Gasteiger partial charge in [0.2, 0.25) is 0 Å². The number of aryl methyl sites for hydroxylation is 2. The van der Waals surface area contributed by atoms with Crippen LogP contribution in [0.1, 0.15) is 11.5 Å². The number of hydrogen-bond donors (Lipinski definition) is 0. The van der Waals surface area contributed by atoms with E-state index in [-0.39, 0.29) is 5.63 Å². The molecule has 5 nitrogen and oxygen atoms in total. The molecule has 3 heterocycles. The van der Waals surface area contributed by atoms with Crippen molar-refractivity contribution in [1.82, 2.24) is 14.6 Å². The molecule has 0 spiro atoms. The van der Waals surface area contributed by atoms with Crippen LogP contribution in [0.2, 0.25) is 0 Å². The van der Waals surface area contributed by atoms with E-state index in [9.17, 15) is 4.79 Å². The zero-order chi connectivity index (χ0) is 15.3. The highest BCUT2D eigenvalue weighted by atomic mass is 16.4. The molecule has 0 amide bonds. The van der Waals surface area contributed by atoms with Gasteiger partial charge >= 0.3 is 5.63 Å². The summed E-state index contributed by atoms with van der Waals surface area (Å²) in [5, 5.41) is 5.00. The predicted molar refractivity (Wildman–Crippen MR) is 83.9 cm³/mol. The van der Waals surface area contributed by atoms with Gasteiger partial charge in [-0.1, -0.05) is 30.3 Å². The van der Waals surface area contributed by atoms with Crippen LogP contribution in [0.4, 0.5) is 0 Å². The SMILES string of the molecule is Cc1cc2c(cnc3c(-c4ccccc4)c(C)nn32)c(=O)o1. The summed E-state index contributed by atoms with van der Waals surface area (Å²) in [6.07, 6.45) is 1.56. The number of fused-ring (bicyclic) bond motifs is 3. The fourth-order valence-corrected chi connectivity index (χ4v) is 2.77. The maximum Gasteiger partial charge on any atom is 0.347 e. The predicted octanol–water partition coefficient (Wildman–Crippen LogP) is 3.12. The van der Waals surface area contributed by atoms with E-state index in [1.54, 1.807) is 17.6 Å². The summed E-state index contributed by atoms with van der Waals surface area (Å²) < 4.78 is 6.84. The monoisotopic (exact) mass is 291 g/mol. The van der Waals surface area contributed by atoms with Crippen LogP contribution in [0.5, 0.6) is 0 Å². The molecule has 4 aromatic rings. The second-order valence-electron chi connectivity index (χ2n) is 5.26. The van der Waals surface area contributed by atoms with Gasteiger partial charge in [0.25, 0.3) is 0 Å². The molecule has 0 saturated carbocycles. The molecule has 0 aliphatic rings. The summed E-state index contributed by atoms with van der Waals surface area (Å²) >= 11 is 0. The molecule has 22 heavy (non-hydrogen) atoms. The first-order chi connectivity index (χ1) is 10.6. The Balaban J connectivity index is 2.16. The smallest absolute Gasteiger partial charge is 0.347 e. The molecular weight excluding hydrogens is 278 g/mol. The van der Waals surface area contributed by atoms with Crippen LogP contribution >= 0.6 is 0 Å². The van der Waals surface area contributed by atoms with E-state index in [0.29, 0.717) is 16.7 Å². The van der Waals surface area contributed by atoms with Crippen molar-refractivity contribution < 1.29 is 4.42 Å². The minimum atomic E-state index is -0.390. The summed E-state index contributed by atoms with van der Waals surface area (Å²) in [4.78, 5) is 16.4. The first-order valence-corrected chi connectivity index (χ1v) is 6.99. The molecule has 0 N–H and O–H groups in total. The Morgan fingerprint density at radius 2 is 1.91 bits per heavy atom. The first-order valence-electron chi connectivity index (χ1n) is 6.99. The molecule has 0 atom stereocenters. The largest absolute Gasteiger partial charge is 0.428 e. The highest BCUT2D eigenvalue weighted by Crippen LogP contribution is 2.28. The van der Waals surface area contributed by atoms with Crippen LogP contribution < -0.4 is 5.63 Å². The Morgan fingerprint density at radius 3 is 2.68 bits per heavy atom. The van der Waals surface area contributed by atoms with Gasteiger partial charge in [-0.2, -0.15) is 5.10 Å². The molecule has 108 valence electrons. The van der Waals surface area contributed by atoms with Crippen LogP contribution in [-0.4, -0.2) is 14.6 Å². The number of benzene rings is 1. The Labute approximate surface area is 125 Å². The molecule has 0 unspecified atom stereocenters. The standard InChI is InChI=1S/C17H13N3O2/c1-10-8-14-13(17(21)22-10)9-18-16-15(11(2)19-20(14)16)12-6-4-3-5-7-12/h3-9H,1-2H3.